The molecule has 0 aromatic heterocycles. The van der Waals surface area contributed by atoms with Crippen LogP contribution in [0.15, 0.2) is 42.5 Å². The predicted octanol–water partition coefficient (Wildman–Crippen LogP) is 4.15. The molecule has 5 heteroatoms. The molecule has 0 aliphatic rings. The van der Waals surface area contributed by atoms with Crippen LogP contribution >= 0.6 is 23.2 Å². The second-order valence-corrected chi connectivity index (χ2v) is 4.96. The molecular weight excluding hydrogens is 300 g/mol. The molecule has 0 unspecified atom stereocenters. The molecule has 0 saturated carbocycles. The molecule has 0 saturated heterocycles. The average Bonchev–Trinajstić information content (AvgIpc) is 2.47. The van der Waals surface area contributed by atoms with Gasteiger partial charge in [-0.3, -0.25) is 4.79 Å². The Labute approximate surface area is 126 Å². The van der Waals surface area contributed by atoms with E-state index in [1.807, 2.05) is 24.3 Å². The van der Waals surface area contributed by atoms with Crippen LogP contribution in [0.25, 0.3) is 0 Å². The van der Waals surface area contributed by atoms with Crippen LogP contribution in [0.5, 0.6) is 0 Å². The Kier molecular flexibility index (Phi) is 4.99. The van der Waals surface area contributed by atoms with Gasteiger partial charge in [0.25, 0.3) is 5.91 Å². The normalized spacial score (nSPS) is 10.3. The van der Waals surface area contributed by atoms with E-state index >= 15 is 0 Å². The maximum Gasteiger partial charge on any atom is 0.254 e. The Balaban J connectivity index is 2.02. The van der Waals surface area contributed by atoms with E-state index in [9.17, 15) is 9.18 Å². The van der Waals surface area contributed by atoms with Gasteiger partial charge in [-0.15, -0.1) is 11.6 Å². The highest BCUT2D eigenvalue weighted by Gasteiger charge is 2.11. The Hall–Kier alpha value is -1.58. The topological polar surface area (TPSA) is 29.1 Å². The number of hydrogen-bond acceptors (Lipinski definition) is 1. The van der Waals surface area contributed by atoms with Crippen molar-refractivity contribution in [3.05, 3.63) is 70.0 Å². The minimum absolute atomic E-state index is 0.0603. The first kappa shape index (κ1) is 14.8. The third kappa shape index (κ3) is 3.71. The van der Waals surface area contributed by atoms with Gasteiger partial charge in [-0.2, -0.15) is 0 Å². The van der Waals surface area contributed by atoms with Crippen molar-refractivity contribution in [2.45, 2.75) is 12.4 Å². The van der Waals surface area contributed by atoms with E-state index in [0.29, 0.717) is 17.4 Å². The van der Waals surface area contributed by atoms with Crippen molar-refractivity contribution in [1.29, 1.82) is 0 Å². The van der Waals surface area contributed by atoms with Crippen LogP contribution in [0.2, 0.25) is 5.02 Å². The molecule has 1 amide bonds. The van der Waals surface area contributed by atoms with Crippen molar-refractivity contribution in [1.82, 2.24) is 5.32 Å². The van der Waals surface area contributed by atoms with Gasteiger partial charge < -0.3 is 5.32 Å². The minimum atomic E-state index is -0.593. The predicted molar refractivity (Wildman–Crippen MR) is 78.6 cm³/mol. The first-order chi connectivity index (χ1) is 9.60. The summed E-state index contributed by atoms with van der Waals surface area (Å²) in [5, 5.41) is 2.97. The second kappa shape index (κ2) is 6.73. The fraction of sp³-hybridized carbons (Fsp3) is 0.133. The fourth-order valence-electron chi connectivity index (χ4n) is 1.70. The molecule has 0 fully saturated rings. The third-order valence-electron chi connectivity index (χ3n) is 2.80. The zero-order chi connectivity index (χ0) is 14.5. The van der Waals surface area contributed by atoms with Gasteiger partial charge in [-0.25, -0.2) is 4.39 Å². The number of hydrogen-bond donors (Lipinski definition) is 1. The Morgan fingerprint density at radius 2 is 1.75 bits per heavy atom. The van der Waals surface area contributed by atoms with E-state index in [-0.39, 0.29) is 5.56 Å². The quantitative estimate of drug-likeness (QED) is 0.844. The lowest BCUT2D eigenvalue weighted by Crippen LogP contribution is -2.23. The minimum Gasteiger partial charge on any atom is -0.348 e. The lowest BCUT2D eigenvalue weighted by atomic mass is 10.1. The van der Waals surface area contributed by atoms with Crippen molar-refractivity contribution in [3.8, 4) is 0 Å². The van der Waals surface area contributed by atoms with Crippen LogP contribution in [-0.4, -0.2) is 5.91 Å². The molecule has 104 valence electrons. The van der Waals surface area contributed by atoms with E-state index in [2.05, 4.69) is 5.32 Å². The number of halogens is 3. The molecule has 0 heterocycles. The highest BCUT2D eigenvalue weighted by molar-refractivity contribution is 6.31. The molecule has 0 aliphatic heterocycles. The highest BCUT2D eigenvalue weighted by atomic mass is 35.5. The van der Waals surface area contributed by atoms with Crippen LogP contribution in [0.4, 0.5) is 4.39 Å². The maximum absolute atomic E-state index is 13.5. The second-order valence-electron chi connectivity index (χ2n) is 4.26. The SMILES string of the molecule is O=C(NCc1ccc(CCl)cc1)c1cc(Cl)ccc1F. The standard InChI is InChI=1S/C15H12Cl2FNO/c16-8-10-1-3-11(4-2-10)9-19-15(20)13-7-12(17)5-6-14(13)18/h1-7H,8-9H2,(H,19,20). The van der Waals surface area contributed by atoms with Crippen LogP contribution in [-0.2, 0) is 12.4 Å². The summed E-state index contributed by atoms with van der Waals surface area (Å²) in [6.45, 7) is 0.313. The van der Waals surface area contributed by atoms with Crippen LogP contribution < -0.4 is 5.32 Å². The number of carbonyl (C=O) groups excluding carboxylic acids is 1. The van der Waals surface area contributed by atoms with Crippen molar-refractivity contribution >= 4 is 29.1 Å². The fourth-order valence-corrected chi connectivity index (χ4v) is 2.05. The molecular formula is C15H12Cl2FNO. The molecule has 0 spiro atoms. The number of carbonyl (C=O) groups is 1. The smallest absolute Gasteiger partial charge is 0.254 e. The van der Waals surface area contributed by atoms with Gasteiger partial charge >= 0.3 is 0 Å². The molecule has 0 atom stereocenters. The van der Waals surface area contributed by atoms with Gasteiger partial charge in [-0.1, -0.05) is 35.9 Å². The summed E-state index contributed by atoms with van der Waals surface area (Å²) in [7, 11) is 0. The van der Waals surface area contributed by atoms with Crippen molar-refractivity contribution in [2.24, 2.45) is 0 Å². The molecule has 1 N–H and O–H groups in total. The van der Waals surface area contributed by atoms with E-state index in [1.165, 1.54) is 18.2 Å². The van der Waals surface area contributed by atoms with Gasteiger partial charge in [0.05, 0.1) is 5.56 Å². The largest absolute Gasteiger partial charge is 0.348 e. The van der Waals surface area contributed by atoms with Gasteiger partial charge in [0, 0.05) is 17.4 Å². The van der Waals surface area contributed by atoms with Crippen molar-refractivity contribution in [2.75, 3.05) is 0 Å². The lowest BCUT2D eigenvalue weighted by Gasteiger charge is -2.07. The highest BCUT2D eigenvalue weighted by Crippen LogP contribution is 2.15. The summed E-state index contributed by atoms with van der Waals surface area (Å²) >= 11 is 11.4. The summed E-state index contributed by atoms with van der Waals surface area (Å²) < 4.78 is 13.5. The van der Waals surface area contributed by atoms with Crippen LogP contribution in [0.1, 0.15) is 21.5 Å². The Morgan fingerprint density at radius 1 is 1.10 bits per heavy atom. The monoisotopic (exact) mass is 311 g/mol. The van der Waals surface area contributed by atoms with E-state index < -0.39 is 11.7 Å². The Bertz CT molecular complexity index is 614. The number of nitrogens with one attached hydrogen (secondary N) is 1. The van der Waals surface area contributed by atoms with Crippen LogP contribution in [0.3, 0.4) is 0 Å². The number of rotatable bonds is 4. The summed E-state index contributed by atoms with van der Waals surface area (Å²) in [5.74, 6) is -0.642. The number of amides is 1. The summed E-state index contributed by atoms with van der Waals surface area (Å²) in [4.78, 5) is 11.9. The molecule has 2 rings (SSSR count). The average molecular weight is 312 g/mol. The molecule has 0 radical (unpaired) electrons. The number of alkyl halides is 1. The van der Waals surface area contributed by atoms with Gasteiger partial charge in [0.15, 0.2) is 0 Å². The van der Waals surface area contributed by atoms with Crippen molar-refractivity contribution in [3.63, 3.8) is 0 Å². The van der Waals surface area contributed by atoms with Crippen LogP contribution in [0, 0.1) is 5.82 Å². The Morgan fingerprint density at radius 3 is 2.40 bits per heavy atom. The van der Waals surface area contributed by atoms with Gasteiger partial charge in [-0.05, 0) is 29.3 Å². The number of benzene rings is 2. The summed E-state index contributed by atoms with van der Waals surface area (Å²) in [6, 6.07) is 11.4. The van der Waals surface area contributed by atoms with E-state index in [1.54, 1.807) is 0 Å². The first-order valence-electron chi connectivity index (χ1n) is 5.97. The van der Waals surface area contributed by atoms with Crippen molar-refractivity contribution < 1.29 is 9.18 Å². The van der Waals surface area contributed by atoms with Gasteiger partial charge in [0.2, 0.25) is 0 Å². The molecule has 2 nitrogen and oxygen atoms in total. The molecule has 2 aromatic carbocycles. The van der Waals surface area contributed by atoms with Gasteiger partial charge in [0.1, 0.15) is 5.82 Å². The first-order valence-corrected chi connectivity index (χ1v) is 6.88. The zero-order valence-electron chi connectivity index (χ0n) is 10.5. The summed E-state index contributed by atoms with van der Waals surface area (Å²) in [5.41, 5.74) is 1.85. The lowest BCUT2D eigenvalue weighted by molar-refractivity contribution is 0.0947. The summed E-state index contributed by atoms with van der Waals surface area (Å²) in [6.07, 6.45) is 0. The molecule has 2 aromatic rings. The zero-order valence-corrected chi connectivity index (χ0v) is 12.0. The molecule has 0 bridgehead atoms. The maximum atomic E-state index is 13.5. The molecule has 0 aliphatic carbocycles. The van der Waals surface area contributed by atoms with E-state index in [0.717, 1.165) is 11.1 Å². The third-order valence-corrected chi connectivity index (χ3v) is 3.35. The van der Waals surface area contributed by atoms with E-state index in [4.69, 9.17) is 23.2 Å². The molecule has 20 heavy (non-hydrogen) atoms.